The Hall–Kier alpha value is -2.61. The highest BCUT2D eigenvalue weighted by Crippen LogP contribution is 2.34. The number of unbranched alkanes of at least 4 members (excludes halogenated alkanes) is 1. The molecule has 35 heavy (non-hydrogen) atoms. The SMILES string of the molecule is CCCCN1C(=O)C(COC)NC(=O)C12CCN(Cc1ccc(Oc3ccccc3)cc1)CC2.Cl. The topological polar surface area (TPSA) is 71.1 Å². The second-order valence-corrected chi connectivity index (χ2v) is 9.19. The molecule has 8 heteroatoms. The van der Waals surface area contributed by atoms with Gasteiger partial charge in [-0.25, -0.2) is 0 Å². The molecule has 1 atom stereocenters. The first-order valence-electron chi connectivity index (χ1n) is 12.2. The number of carbonyl (C=O) groups excluding carboxylic acids is 2. The van der Waals surface area contributed by atoms with Crippen LogP contribution in [0.3, 0.4) is 0 Å². The molecule has 2 saturated heterocycles. The normalized spacial score (nSPS) is 19.8. The third-order valence-corrected chi connectivity index (χ3v) is 6.87. The van der Waals surface area contributed by atoms with Crippen LogP contribution in [0.2, 0.25) is 0 Å². The number of hydrogen-bond donors (Lipinski definition) is 1. The molecule has 2 amide bonds. The lowest BCUT2D eigenvalue weighted by molar-refractivity contribution is -0.162. The van der Waals surface area contributed by atoms with E-state index in [2.05, 4.69) is 29.3 Å². The van der Waals surface area contributed by atoms with Gasteiger partial charge in [0.15, 0.2) is 0 Å². The number of nitrogens with zero attached hydrogens (tertiary/aromatic N) is 2. The highest BCUT2D eigenvalue weighted by Gasteiger charge is 2.53. The van der Waals surface area contributed by atoms with Gasteiger partial charge in [0.2, 0.25) is 11.8 Å². The van der Waals surface area contributed by atoms with Crippen molar-refractivity contribution in [3.05, 3.63) is 60.2 Å². The minimum Gasteiger partial charge on any atom is -0.457 e. The van der Waals surface area contributed by atoms with Crippen LogP contribution in [0, 0.1) is 0 Å². The number of ether oxygens (including phenoxy) is 2. The van der Waals surface area contributed by atoms with Gasteiger partial charge < -0.3 is 19.7 Å². The summed E-state index contributed by atoms with van der Waals surface area (Å²) in [5, 5.41) is 2.94. The Labute approximate surface area is 214 Å². The van der Waals surface area contributed by atoms with Crippen molar-refractivity contribution in [2.75, 3.05) is 33.4 Å². The first-order chi connectivity index (χ1) is 16.6. The summed E-state index contributed by atoms with van der Waals surface area (Å²) in [6, 6.07) is 17.3. The summed E-state index contributed by atoms with van der Waals surface area (Å²) >= 11 is 0. The van der Waals surface area contributed by atoms with Gasteiger partial charge in [-0.05, 0) is 49.1 Å². The number of para-hydroxylation sites is 1. The highest BCUT2D eigenvalue weighted by molar-refractivity contribution is 6.00. The van der Waals surface area contributed by atoms with Crippen molar-refractivity contribution in [2.45, 2.75) is 50.7 Å². The molecule has 0 aromatic heterocycles. The Balaban J connectivity index is 0.00000342. The van der Waals surface area contributed by atoms with E-state index in [4.69, 9.17) is 9.47 Å². The van der Waals surface area contributed by atoms with E-state index in [1.54, 1.807) is 7.11 Å². The summed E-state index contributed by atoms with van der Waals surface area (Å²) in [7, 11) is 1.55. The fraction of sp³-hybridized carbons (Fsp3) is 0.481. The molecule has 2 aliphatic rings. The molecule has 0 bridgehead atoms. The summed E-state index contributed by atoms with van der Waals surface area (Å²) in [5.74, 6) is 1.57. The van der Waals surface area contributed by atoms with Gasteiger partial charge in [0.25, 0.3) is 0 Å². The maximum absolute atomic E-state index is 13.2. The van der Waals surface area contributed by atoms with Crippen molar-refractivity contribution in [1.82, 2.24) is 15.1 Å². The lowest BCUT2D eigenvalue weighted by Crippen LogP contribution is -2.73. The number of rotatable bonds is 9. The van der Waals surface area contributed by atoms with E-state index in [-0.39, 0.29) is 30.8 Å². The fourth-order valence-electron chi connectivity index (χ4n) is 4.92. The number of amides is 2. The molecule has 1 spiro atoms. The zero-order valence-electron chi connectivity index (χ0n) is 20.6. The van der Waals surface area contributed by atoms with E-state index < -0.39 is 11.6 Å². The van der Waals surface area contributed by atoms with Crippen LogP contribution < -0.4 is 10.1 Å². The standard InChI is InChI=1S/C27H35N3O4.ClH/c1-3-4-16-30-25(31)24(20-33-2)28-26(32)27(30)14-17-29(18-15-27)19-21-10-12-23(13-11-21)34-22-8-6-5-7-9-22;/h5-13,24H,3-4,14-20H2,1-2H3,(H,28,32);1H. The van der Waals surface area contributed by atoms with Crippen molar-refractivity contribution in [1.29, 1.82) is 0 Å². The smallest absolute Gasteiger partial charge is 0.248 e. The molecule has 4 rings (SSSR count). The van der Waals surface area contributed by atoms with Gasteiger partial charge in [-0.1, -0.05) is 43.7 Å². The predicted octanol–water partition coefficient (Wildman–Crippen LogP) is 4.01. The fourth-order valence-corrected chi connectivity index (χ4v) is 4.92. The van der Waals surface area contributed by atoms with E-state index in [1.165, 1.54) is 5.56 Å². The first-order valence-corrected chi connectivity index (χ1v) is 12.2. The Morgan fingerprint density at radius 3 is 2.29 bits per heavy atom. The number of carbonyl (C=O) groups is 2. The molecule has 2 aromatic rings. The van der Waals surface area contributed by atoms with E-state index >= 15 is 0 Å². The molecule has 0 radical (unpaired) electrons. The molecule has 7 nitrogen and oxygen atoms in total. The van der Waals surface area contributed by atoms with Crippen LogP contribution in [0.5, 0.6) is 11.5 Å². The summed E-state index contributed by atoms with van der Waals surface area (Å²) in [4.78, 5) is 30.6. The van der Waals surface area contributed by atoms with Gasteiger partial charge in [0.1, 0.15) is 23.1 Å². The molecule has 2 fully saturated rings. The number of nitrogens with one attached hydrogen (secondary N) is 1. The summed E-state index contributed by atoms with van der Waals surface area (Å²) in [5.41, 5.74) is 0.448. The van der Waals surface area contributed by atoms with Crippen LogP contribution in [0.25, 0.3) is 0 Å². The van der Waals surface area contributed by atoms with Gasteiger partial charge >= 0.3 is 0 Å². The minimum atomic E-state index is -0.750. The average Bonchev–Trinajstić information content (AvgIpc) is 2.86. The zero-order valence-corrected chi connectivity index (χ0v) is 21.4. The van der Waals surface area contributed by atoms with Crippen LogP contribution in [-0.4, -0.2) is 66.5 Å². The Bertz CT molecular complexity index is 962. The average molecular weight is 502 g/mol. The first kappa shape index (κ1) is 27.0. The van der Waals surface area contributed by atoms with Gasteiger partial charge in [-0.2, -0.15) is 0 Å². The molecule has 0 aliphatic carbocycles. The number of hydrogen-bond acceptors (Lipinski definition) is 5. The molecule has 2 aromatic carbocycles. The zero-order chi connectivity index (χ0) is 24.0. The number of piperazine rings is 1. The molecular weight excluding hydrogens is 466 g/mol. The van der Waals surface area contributed by atoms with E-state index in [0.29, 0.717) is 19.4 Å². The van der Waals surface area contributed by atoms with Crippen LogP contribution in [0.15, 0.2) is 54.6 Å². The van der Waals surface area contributed by atoms with Crippen molar-refractivity contribution in [2.24, 2.45) is 0 Å². The Morgan fingerprint density at radius 1 is 1.00 bits per heavy atom. The van der Waals surface area contributed by atoms with Crippen LogP contribution in [0.4, 0.5) is 0 Å². The highest BCUT2D eigenvalue weighted by atomic mass is 35.5. The van der Waals surface area contributed by atoms with E-state index in [0.717, 1.165) is 44.0 Å². The lowest BCUT2D eigenvalue weighted by Gasteiger charge is -2.51. The second kappa shape index (κ2) is 12.4. The van der Waals surface area contributed by atoms with Crippen LogP contribution in [-0.2, 0) is 20.9 Å². The second-order valence-electron chi connectivity index (χ2n) is 9.19. The monoisotopic (exact) mass is 501 g/mol. The third-order valence-electron chi connectivity index (χ3n) is 6.87. The van der Waals surface area contributed by atoms with Gasteiger partial charge in [0.05, 0.1) is 6.61 Å². The molecule has 190 valence electrons. The van der Waals surface area contributed by atoms with Crippen molar-refractivity contribution < 1.29 is 19.1 Å². The Kier molecular flexibility index (Phi) is 9.55. The number of benzene rings is 2. The molecule has 1 unspecified atom stereocenters. The molecule has 1 N–H and O–H groups in total. The number of methoxy groups -OCH3 is 1. The number of halogens is 1. The largest absolute Gasteiger partial charge is 0.457 e. The van der Waals surface area contributed by atoms with Crippen molar-refractivity contribution in [3.63, 3.8) is 0 Å². The molecule has 2 aliphatic heterocycles. The minimum absolute atomic E-state index is 0. The maximum atomic E-state index is 13.2. The Morgan fingerprint density at radius 2 is 1.66 bits per heavy atom. The van der Waals surface area contributed by atoms with Crippen LogP contribution in [0.1, 0.15) is 38.2 Å². The van der Waals surface area contributed by atoms with Gasteiger partial charge in [-0.3, -0.25) is 14.5 Å². The third kappa shape index (κ3) is 6.15. The number of likely N-dealkylation sites (tertiary alicyclic amines) is 1. The van der Waals surface area contributed by atoms with Gasteiger partial charge in [0, 0.05) is 33.3 Å². The van der Waals surface area contributed by atoms with E-state index in [1.807, 2.05) is 47.4 Å². The van der Waals surface area contributed by atoms with Crippen molar-refractivity contribution in [3.8, 4) is 11.5 Å². The molecule has 0 saturated carbocycles. The predicted molar refractivity (Wildman–Crippen MR) is 138 cm³/mol. The van der Waals surface area contributed by atoms with Crippen LogP contribution >= 0.6 is 12.4 Å². The number of piperidine rings is 1. The van der Waals surface area contributed by atoms with Gasteiger partial charge in [-0.15, -0.1) is 12.4 Å². The lowest BCUT2D eigenvalue weighted by atomic mass is 9.81. The summed E-state index contributed by atoms with van der Waals surface area (Å²) in [6.07, 6.45) is 3.15. The molecular formula is C27H36ClN3O4. The molecule has 2 heterocycles. The quantitative estimate of drug-likeness (QED) is 0.562. The van der Waals surface area contributed by atoms with Crippen molar-refractivity contribution >= 4 is 24.2 Å². The summed E-state index contributed by atoms with van der Waals surface area (Å²) in [6.45, 7) is 5.26. The van der Waals surface area contributed by atoms with E-state index in [9.17, 15) is 9.59 Å². The maximum Gasteiger partial charge on any atom is 0.248 e. The summed E-state index contributed by atoms with van der Waals surface area (Å²) < 4.78 is 11.1.